The maximum absolute atomic E-state index is 11.7. The van der Waals surface area contributed by atoms with E-state index in [1.54, 1.807) is 0 Å². The van der Waals surface area contributed by atoms with E-state index in [9.17, 15) is 4.79 Å². The van der Waals surface area contributed by atoms with Crippen LogP contribution in [0, 0.1) is 0 Å². The number of hydrogen-bond acceptors (Lipinski definition) is 4. The summed E-state index contributed by atoms with van der Waals surface area (Å²) in [6.45, 7) is 8.36. The van der Waals surface area contributed by atoms with Crippen LogP contribution in [0.25, 0.3) is 0 Å². The van der Waals surface area contributed by atoms with Crippen molar-refractivity contribution in [3.05, 3.63) is 17.5 Å². The second-order valence-corrected chi connectivity index (χ2v) is 5.60. The number of esters is 1. The molecule has 0 unspecified atom stereocenters. The van der Waals surface area contributed by atoms with Crippen LogP contribution in [0.2, 0.25) is 0 Å². The fraction of sp³-hybridized carbons (Fsp3) is 0.692. The van der Waals surface area contributed by atoms with E-state index in [4.69, 9.17) is 4.74 Å². The lowest BCUT2D eigenvalue weighted by atomic mass is 10.1. The Balaban J connectivity index is 1.91. The van der Waals surface area contributed by atoms with Gasteiger partial charge in [0, 0.05) is 19.5 Å². The summed E-state index contributed by atoms with van der Waals surface area (Å²) in [6, 6.07) is 0. The molecule has 1 aliphatic heterocycles. The van der Waals surface area contributed by atoms with E-state index in [1.807, 2.05) is 31.6 Å². The van der Waals surface area contributed by atoms with Crippen LogP contribution in [0.5, 0.6) is 0 Å². The minimum atomic E-state index is -0.406. The molecule has 1 aliphatic rings. The molecule has 2 heterocycles. The smallest absolute Gasteiger partial charge is 0.306 e. The Labute approximate surface area is 108 Å². The number of fused-ring (bicyclic) bond motifs is 1. The first-order valence-electron chi connectivity index (χ1n) is 6.42. The molecule has 100 valence electrons. The van der Waals surface area contributed by atoms with Gasteiger partial charge in [0.05, 0.1) is 18.4 Å². The number of ether oxygens (including phenoxy) is 1. The van der Waals surface area contributed by atoms with Gasteiger partial charge in [0.25, 0.3) is 0 Å². The molecular formula is C13H21N3O2. The fourth-order valence-corrected chi connectivity index (χ4v) is 2.08. The molecule has 18 heavy (non-hydrogen) atoms. The molecule has 5 heteroatoms. The lowest BCUT2D eigenvalue weighted by molar-refractivity contribution is -0.154. The highest BCUT2D eigenvalue weighted by molar-refractivity contribution is 5.70. The van der Waals surface area contributed by atoms with E-state index in [0.29, 0.717) is 12.8 Å². The zero-order valence-electron chi connectivity index (χ0n) is 11.3. The van der Waals surface area contributed by atoms with E-state index < -0.39 is 5.60 Å². The second kappa shape index (κ2) is 5.10. The largest absolute Gasteiger partial charge is 0.460 e. The number of nitrogens with one attached hydrogen (secondary N) is 1. The Kier molecular flexibility index (Phi) is 3.71. The van der Waals surface area contributed by atoms with Gasteiger partial charge in [-0.25, -0.2) is 0 Å². The Morgan fingerprint density at radius 3 is 3.06 bits per heavy atom. The van der Waals surface area contributed by atoms with Crippen LogP contribution >= 0.6 is 0 Å². The SMILES string of the molecule is CC(C)(C)OC(=O)CCc1cnn2c1CNCC2. The molecule has 1 N–H and O–H groups in total. The van der Waals surface area contributed by atoms with Crippen LogP contribution in [0.4, 0.5) is 0 Å². The number of nitrogens with zero attached hydrogens (tertiary/aromatic N) is 2. The van der Waals surface area contributed by atoms with Gasteiger partial charge in [0.15, 0.2) is 0 Å². The highest BCUT2D eigenvalue weighted by Crippen LogP contribution is 2.15. The molecule has 0 fully saturated rings. The van der Waals surface area contributed by atoms with Gasteiger partial charge >= 0.3 is 5.97 Å². The van der Waals surface area contributed by atoms with E-state index in [-0.39, 0.29) is 5.97 Å². The van der Waals surface area contributed by atoms with Gasteiger partial charge in [-0.1, -0.05) is 0 Å². The number of carbonyl (C=O) groups is 1. The third-order valence-corrected chi connectivity index (χ3v) is 2.85. The molecule has 1 aromatic heterocycles. The summed E-state index contributed by atoms with van der Waals surface area (Å²) in [7, 11) is 0. The first-order valence-corrected chi connectivity index (χ1v) is 6.42. The van der Waals surface area contributed by atoms with Gasteiger partial charge in [0.2, 0.25) is 0 Å². The number of hydrogen-bond donors (Lipinski definition) is 1. The van der Waals surface area contributed by atoms with Gasteiger partial charge in [-0.15, -0.1) is 0 Å². The number of aromatic nitrogens is 2. The first kappa shape index (κ1) is 13.1. The maximum atomic E-state index is 11.7. The standard InChI is InChI=1S/C13H21N3O2/c1-13(2,3)18-12(17)5-4-10-8-15-16-7-6-14-9-11(10)16/h8,14H,4-7,9H2,1-3H3. The van der Waals surface area contributed by atoms with Gasteiger partial charge < -0.3 is 10.1 Å². The number of carbonyl (C=O) groups excluding carboxylic acids is 1. The molecule has 0 saturated heterocycles. The molecule has 0 saturated carbocycles. The molecule has 5 nitrogen and oxygen atoms in total. The lowest BCUT2D eigenvalue weighted by Crippen LogP contribution is -2.29. The zero-order chi connectivity index (χ0) is 13.2. The Bertz CT molecular complexity index is 432. The van der Waals surface area contributed by atoms with Gasteiger partial charge in [-0.2, -0.15) is 5.10 Å². The van der Waals surface area contributed by atoms with Gasteiger partial charge in [-0.05, 0) is 32.8 Å². The number of aryl methyl sites for hydroxylation is 1. The van der Waals surface area contributed by atoms with Crippen LogP contribution in [-0.2, 0) is 29.0 Å². The molecule has 0 aliphatic carbocycles. The zero-order valence-corrected chi connectivity index (χ0v) is 11.3. The van der Waals surface area contributed by atoms with Crippen molar-refractivity contribution in [3.63, 3.8) is 0 Å². The fourth-order valence-electron chi connectivity index (χ4n) is 2.08. The monoisotopic (exact) mass is 251 g/mol. The third kappa shape index (κ3) is 3.32. The number of rotatable bonds is 3. The molecule has 0 atom stereocenters. The molecule has 0 amide bonds. The summed E-state index contributed by atoms with van der Waals surface area (Å²) < 4.78 is 7.31. The summed E-state index contributed by atoms with van der Waals surface area (Å²) in [5.74, 6) is -0.147. The van der Waals surface area contributed by atoms with Crippen molar-refractivity contribution in [1.82, 2.24) is 15.1 Å². The highest BCUT2D eigenvalue weighted by Gasteiger charge is 2.18. The lowest BCUT2D eigenvalue weighted by Gasteiger charge is -2.19. The van der Waals surface area contributed by atoms with E-state index >= 15 is 0 Å². The van der Waals surface area contributed by atoms with Crippen molar-refractivity contribution in [3.8, 4) is 0 Å². The average Bonchev–Trinajstić information content (AvgIpc) is 2.67. The van der Waals surface area contributed by atoms with Crippen molar-refractivity contribution in [2.24, 2.45) is 0 Å². The summed E-state index contributed by atoms with van der Waals surface area (Å²) in [5, 5.41) is 7.65. The minimum absolute atomic E-state index is 0.147. The minimum Gasteiger partial charge on any atom is -0.460 e. The highest BCUT2D eigenvalue weighted by atomic mass is 16.6. The molecule has 0 bridgehead atoms. The molecular weight excluding hydrogens is 230 g/mol. The average molecular weight is 251 g/mol. The molecule has 0 radical (unpaired) electrons. The molecule has 2 rings (SSSR count). The van der Waals surface area contributed by atoms with E-state index in [1.165, 1.54) is 5.69 Å². The summed E-state index contributed by atoms with van der Waals surface area (Å²) >= 11 is 0. The Hall–Kier alpha value is -1.36. The van der Waals surface area contributed by atoms with Gasteiger partial charge in [0.1, 0.15) is 5.60 Å². The predicted molar refractivity (Wildman–Crippen MR) is 68.1 cm³/mol. The van der Waals surface area contributed by atoms with Crippen molar-refractivity contribution in [2.45, 2.75) is 52.3 Å². The van der Waals surface area contributed by atoms with Crippen LogP contribution in [0.3, 0.4) is 0 Å². The van der Waals surface area contributed by atoms with Crippen molar-refractivity contribution < 1.29 is 9.53 Å². The van der Waals surface area contributed by atoms with Crippen molar-refractivity contribution in [2.75, 3.05) is 6.54 Å². The van der Waals surface area contributed by atoms with E-state index in [2.05, 4.69) is 10.4 Å². The van der Waals surface area contributed by atoms with Crippen molar-refractivity contribution >= 4 is 5.97 Å². The van der Waals surface area contributed by atoms with Crippen LogP contribution in [-0.4, -0.2) is 27.9 Å². The third-order valence-electron chi connectivity index (χ3n) is 2.85. The normalized spacial score (nSPS) is 15.3. The maximum Gasteiger partial charge on any atom is 0.306 e. The summed E-state index contributed by atoms with van der Waals surface area (Å²) in [6.07, 6.45) is 2.98. The second-order valence-electron chi connectivity index (χ2n) is 5.60. The van der Waals surface area contributed by atoms with Crippen molar-refractivity contribution in [1.29, 1.82) is 0 Å². The summed E-state index contributed by atoms with van der Waals surface area (Å²) in [4.78, 5) is 11.7. The van der Waals surface area contributed by atoms with Gasteiger partial charge in [-0.3, -0.25) is 9.48 Å². The quantitative estimate of drug-likeness (QED) is 0.822. The van der Waals surface area contributed by atoms with Crippen LogP contribution in [0.1, 0.15) is 38.4 Å². The molecule has 0 aromatic carbocycles. The molecule has 0 spiro atoms. The first-order chi connectivity index (χ1) is 8.46. The predicted octanol–water partition coefficient (Wildman–Crippen LogP) is 1.26. The summed E-state index contributed by atoms with van der Waals surface area (Å²) in [5.41, 5.74) is 1.94. The van der Waals surface area contributed by atoms with Crippen LogP contribution in [0.15, 0.2) is 6.20 Å². The molecule has 1 aromatic rings. The van der Waals surface area contributed by atoms with E-state index in [0.717, 1.165) is 25.2 Å². The van der Waals surface area contributed by atoms with Crippen LogP contribution < -0.4 is 5.32 Å². The Morgan fingerprint density at radius 2 is 2.33 bits per heavy atom. The Morgan fingerprint density at radius 1 is 1.56 bits per heavy atom. The topological polar surface area (TPSA) is 56.1 Å².